The number of likely N-dealkylation sites (tertiary alicyclic amines) is 1. The fraction of sp³-hybridized carbons (Fsp3) is 0.613. The third kappa shape index (κ3) is 7.79. The van der Waals surface area contributed by atoms with Gasteiger partial charge in [-0.25, -0.2) is 9.97 Å². The predicted molar refractivity (Wildman–Crippen MR) is 154 cm³/mol. The van der Waals surface area contributed by atoms with Gasteiger partial charge in [0.25, 0.3) is 0 Å². The molecule has 0 aliphatic carbocycles. The number of amides is 1. The van der Waals surface area contributed by atoms with Crippen LogP contribution in [-0.4, -0.2) is 108 Å². The maximum Gasteiger partial charge on any atom is 0.308 e. The van der Waals surface area contributed by atoms with Gasteiger partial charge in [0.2, 0.25) is 5.91 Å². The summed E-state index contributed by atoms with van der Waals surface area (Å²) in [7, 11) is 6.51. The van der Waals surface area contributed by atoms with Gasteiger partial charge in [0.05, 0.1) is 46.8 Å². The average Bonchev–Trinajstić information content (AvgIpc) is 3.53. The van der Waals surface area contributed by atoms with E-state index in [1.165, 1.54) is 6.33 Å². The fourth-order valence-electron chi connectivity index (χ4n) is 6.11. The summed E-state index contributed by atoms with van der Waals surface area (Å²) in [6.07, 6.45) is 8.25. The Balaban J connectivity index is 1.56. The summed E-state index contributed by atoms with van der Waals surface area (Å²) in [5.41, 5.74) is 3.04. The quantitative estimate of drug-likeness (QED) is 0.360. The Morgan fingerprint density at radius 2 is 1.98 bits per heavy atom. The molecule has 0 unspecified atom stereocenters. The standard InChI is InChI=1S/C31H45N5O4/c1-5-6-15-34(16-7-17-36(2,3)4)29(37)21-35-20-26(23-8-11-28-24(19-23)13-18-40-28)30(31(38)39)27(35)10-9-25-12-14-32-22-33-25/h8,11-12,14,19,22,26-27,30H,5-7,9-10,13,15-18,20-21H2,1-4H3/p+1/t26-,27+,30-/m1/s1. The number of rotatable bonds is 14. The summed E-state index contributed by atoms with van der Waals surface area (Å²) < 4.78 is 6.56. The number of aromatic nitrogens is 2. The Kier molecular flexibility index (Phi) is 10.1. The molecule has 3 atom stereocenters. The van der Waals surface area contributed by atoms with Crippen molar-refractivity contribution in [2.75, 3.05) is 60.5 Å². The van der Waals surface area contributed by atoms with Crippen LogP contribution in [0.15, 0.2) is 36.8 Å². The molecule has 0 bridgehead atoms. The Hall–Kier alpha value is -3.04. The van der Waals surface area contributed by atoms with Crippen LogP contribution in [0.25, 0.3) is 0 Å². The summed E-state index contributed by atoms with van der Waals surface area (Å²) >= 11 is 0. The van der Waals surface area contributed by atoms with Gasteiger partial charge in [-0.15, -0.1) is 0 Å². The van der Waals surface area contributed by atoms with Gasteiger partial charge in [-0.3, -0.25) is 14.5 Å². The lowest BCUT2D eigenvalue weighted by Crippen LogP contribution is -2.45. The molecule has 1 aromatic carbocycles. The number of benzene rings is 1. The lowest BCUT2D eigenvalue weighted by molar-refractivity contribution is -0.870. The number of quaternary nitrogens is 1. The largest absolute Gasteiger partial charge is 0.493 e. The van der Waals surface area contributed by atoms with Crippen LogP contribution in [0.4, 0.5) is 0 Å². The van der Waals surface area contributed by atoms with Crippen molar-refractivity contribution in [2.45, 2.75) is 57.4 Å². The van der Waals surface area contributed by atoms with E-state index in [2.05, 4.69) is 49.0 Å². The van der Waals surface area contributed by atoms with E-state index >= 15 is 0 Å². The first kappa shape index (κ1) is 29.9. The number of ether oxygens (including phenoxy) is 1. The molecule has 1 aromatic heterocycles. The van der Waals surface area contributed by atoms with Crippen LogP contribution in [-0.2, 0) is 22.4 Å². The molecular formula is C31H46N5O4+. The zero-order valence-electron chi connectivity index (χ0n) is 24.6. The number of aryl methyl sites for hydroxylation is 1. The molecule has 0 spiro atoms. The van der Waals surface area contributed by atoms with Crippen molar-refractivity contribution in [3.8, 4) is 5.75 Å². The number of fused-ring (bicyclic) bond motifs is 1. The Morgan fingerprint density at radius 1 is 1.18 bits per heavy atom. The Labute approximate surface area is 238 Å². The number of hydrogen-bond acceptors (Lipinski definition) is 6. The van der Waals surface area contributed by atoms with Gasteiger partial charge in [-0.2, -0.15) is 0 Å². The molecule has 1 N–H and O–H groups in total. The highest BCUT2D eigenvalue weighted by atomic mass is 16.5. The van der Waals surface area contributed by atoms with E-state index in [0.717, 1.165) is 72.4 Å². The summed E-state index contributed by atoms with van der Waals surface area (Å²) in [5.74, 6) is -0.642. The van der Waals surface area contributed by atoms with Crippen molar-refractivity contribution in [2.24, 2.45) is 5.92 Å². The van der Waals surface area contributed by atoms with Crippen molar-refractivity contribution in [1.29, 1.82) is 0 Å². The van der Waals surface area contributed by atoms with E-state index in [1.54, 1.807) is 6.20 Å². The first-order chi connectivity index (χ1) is 19.2. The zero-order valence-corrected chi connectivity index (χ0v) is 24.6. The molecule has 3 heterocycles. The van der Waals surface area contributed by atoms with Gasteiger partial charge in [-0.05, 0) is 42.5 Å². The van der Waals surface area contributed by atoms with Gasteiger partial charge in [-0.1, -0.05) is 25.5 Å². The van der Waals surface area contributed by atoms with Crippen LogP contribution in [0, 0.1) is 5.92 Å². The van der Waals surface area contributed by atoms with Crippen molar-refractivity contribution in [1.82, 2.24) is 19.8 Å². The number of nitrogens with zero attached hydrogens (tertiary/aromatic N) is 5. The van der Waals surface area contributed by atoms with Crippen molar-refractivity contribution >= 4 is 11.9 Å². The van der Waals surface area contributed by atoms with Crippen LogP contribution in [0.1, 0.15) is 55.3 Å². The second kappa shape index (κ2) is 13.5. The normalized spacial score (nSPS) is 20.8. The lowest BCUT2D eigenvalue weighted by atomic mass is 9.83. The number of carbonyl (C=O) groups is 2. The molecule has 40 heavy (non-hydrogen) atoms. The van der Waals surface area contributed by atoms with E-state index in [1.807, 2.05) is 23.1 Å². The molecule has 2 aliphatic heterocycles. The van der Waals surface area contributed by atoms with Crippen molar-refractivity contribution in [3.05, 3.63) is 53.6 Å². The van der Waals surface area contributed by atoms with E-state index < -0.39 is 11.9 Å². The number of aliphatic carboxylic acids is 1. The highest BCUT2D eigenvalue weighted by molar-refractivity contribution is 5.79. The monoisotopic (exact) mass is 552 g/mol. The second-order valence-corrected chi connectivity index (χ2v) is 12.3. The molecule has 4 rings (SSSR count). The molecular weight excluding hydrogens is 506 g/mol. The summed E-state index contributed by atoms with van der Waals surface area (Å²) in [6, 6.07) is 7.70. The van der Waals surface area contributed by atoms with Gasteiger partial charge >= 0.3 is 5.97 Å². The van der Waals surface area contributed by atoms with Crippen LogP contribution >= 0.6 is 0 Å². The van der Waals surface area contributed by atoms with Gasteiger partial charge < -0.3 is 19.2 Å². The van der Waals surface area contributed by atoms with Crippen molar-refractivity contribution in [3.63, 3.8) is 0 Å². The average molecular weight is 553 g/mol. The number of hydrogen-bond donors (Lipinski definition) is 1. The molecule has 2 aliphatic rings. The van der Waals surface area contributed by atoms with Crippen LogP contribution < -0.4 is 4.74 Å². The molecule has 0 saturated carbocycles. The number of carboxylic acids is 1. The highest BCUT2D eigenvalue weighted by Crippen LogP contribution is 2.41. The van der Waals surface area contributed by atoms with E-state index in [0.29, 0.717) is 26.0 Å². The van der Waals surface area contributed by atoms with E-state index in [-0.39, 0.29) is 24.4 Å². The smallest absolute Gasteiger partial charge is 0.308 e. The third-order valence-corrected chi connectivity index (χ3v) is 8.24. The predicted octanol–water partition coefficient (Wildman–Crippen LogP) is 3.24. The Morgan fingerprint density at radius 3 is 2.67 bits per heavy atom. The molecule has 1 amide bonds. The summed E-state index contributed by atoms with van der Waals surface area (Å²) in [4.78, 5) is 39.1. The van der Waals surface area contributed by atoms with Gasteiger partial charge in [0.15, 0.2) is 0 Å². The first-order valence-corrected chi connectivity index (χ1v) is 14.7. The second-order valence-electron chi connectivity index (χ2n) is 12.3. The first-order valence-electron chi connectivity index (χ1n) is 14.7. The third-order valence-electron chi connectivity index (χ3n) is 8.24. The van der Waals surface area contributed by atoms with Gasteiger partial charge in [0.1, 0.15) is 12.1 Å². The molecule has 2 aromatic rings. The van der Waals surface area contributed by atoms with Crippen molar-refractivity contribution < 1.29 is 23.9 Å². The minimum atomic E-state index is -0.810. The lowest BCUT2D eigenvalue weighted by Gasteiger charge is -2.30. The van der Waals surface area contributed by atoms with Crippen LogP contribution in [0.5, 0.6) is 5.75 Å². The number of carboxylic acid groups (broad SMARTS) is 1. The zero-order chi connectivity index (χ0) is 28.7. The van der Waals surface area contributed by atoms with Gasteiger partial charge in [0, 0.05) is 56.3 Å². The summed E-state index contributed by atoms with van der Waals surface area (Å²) in [5, 5.41) is 10.5. The van der Waals surface area contributed by atoms with E-state index in [9.17, 15) is 14.7 Å². The van der Waals surface area contributed by atoms with E-state index in [4.69, 9.17) is 4.74 Å². The molecule has 1 fully saturated rings. The molecule has 9 heteroatoms. The minimum Gasteiger partial charge on any atom is -0.493 e. The number of carbonyl (C=O) groups excluding carboxylic acids is 1. The Bertz CT molecular complexity index is 1140. The maximum absolute atomic E-state index is 13.7. The fourth-order valence-corrected chi connectivity index (χ4v) is 6.11. The summed E-state index contributed by atoms with van der Waals surface area (Å²) in [6.45, 7) is 6.03. The van der Waals surface area contributed by atoms with Crippen LogP contribution in [0.3, 0.4) is 0 Å². The molecule has 0 radical (unpaired) electrons. The number of unbranched alkanes of at least 4 members (excludes halogenated alkanes) is 1. The molecule has 9 nitrogen and oxygen atoms in total. The minimum absolute atomic E-state index is 0.0917. The highest BCUT2D eigenvalue weighted by Gasteiger charge is 2.47. The molecule has 1 saturated heterocycles. The SMILES string of the molecule is CCCCN(CCC[N+](C)(C)C)C(=O)CN1C[C@H](c2ccc3c(c2)CCO3)[C@@H](C(=O)O)[C@@H]1CCc1ccncn1. The molecule has 218 valence electrons. The van der Waals surface area contributed by atoms with Crippen LogP contribution in [0.2, 0.25) is 0 Å². The topological polar surface area (TPSA) is 95.9 Å². The maximum atomic E-state index is 13.7.